The lowest BCUT2D eigenvalue weighted by Gasteiger charge is -2.62. The van der Waals surface area contributed by atoms with Gasteiger partial charge in [0.2, 0.25) is 5.91 Å². The predicted molar refractivity (Wildman–Crippen MR) is 159 cm³/mol. The van der Waals surface area contributed by atoms with E-state index in [1.807, 2.05) is 0 Å². The standard InChI is InChI=1S/C33H53N3O5/c1-20(6-9-29(39)35-22-18-27(31(40)41-4)36(19-22)15-5-14-34)24-7-8-25-30-26(11-13-33(24,25)3)32(2)12-10-23(37)16-21(32)17-28(30)38/h18-21,23-26,28,30,37-38H,5-17,34H2,1-4H3,(H,35,39)/t20-,21?,23-,24-,25?,26?,28+,30?,32+,33-/m1/s1. The van der Waals surface area contributed by atoms with Crippen LogP contribution in [0.4, 0.5) is 5.69 Å². The van der Waals surface area contributed by atoms with Crippen LogP contribution in [-0.2, 0) is 16.1 Å². The molecule has 8 heteroatoms. The smallest absolute Gasteiger partial charge is 0.354 e. The molecule has 1 aromatic rings. The Morgan fingerprint density at radius 3 is 2.59 bits per heavy atom. The number of aliphatic hydroxyl groups excluding tert-OH is 2. The van der Waals surface area contributed by atoms with Crippen LogP contribution in [0.3, 0.4) is 0 Å². The monoisotopic (exact) mass is 571 g/mol. The Morgan fingerprint density at radius 1 is 1.12 bits per heavy atom. The van der Waals surface area contributed by atoms with E-state index in [1.165, 1.54) is 32.8 Å². The molecule has 1 amide bonds. The van der Waals surface area contributed by atoms with E-state index < -0.39 is 5.97 Å². The van der Waals surface area contributed by atoms with Crippen molar-refractivity contribution < 1.29 is 24.5 Å². The zero-order chi connectivity index (χ0) is 29.5. The van der Waals surface area contributed by atoms with Gasteiger partial charge in [-0.25, -0.2) is 4.79 Å². The van der Waals surface area contributed by atoms with Gasteiger partial charge in [-0.15, -0.1) is 0 Å². The maximum Gasteiger partial charge on any atom is 0.354 e. The van der Waals surface area contributed by atoms with Gasteiger partial charge < -0.3 is 30.6 Å². The molecule has 0 spiro atoms. The average Bonchev–Trinajstić information content (AvgIpc) is 3.51. The number of aryl methyl sites for hydroxylation is 1. The van der Waals surface area contributed by atoms with Gasteiger partial charge in [0.05, 0.1) is 25.0 Å². The Balaban J connectivity index is 1.21. The van der Waals surface area contributed by atoms with Crippen molar-refractivity contribution in [2.75, 3.05) is 19.0 Å². The molecule has 0 radical (unpaired) electrons. The minimum absolute atomic E-state index is 0.0335. The zero-order valence-corrected chi connectivity index (χ0v) is 25.6. The van der Waals surface area contributed by atoms with Crippen LogP contribution in [0, 0.1) is 46.3 Å². The molecule has 4 aliphatic rings. The Kier molecular flexibility index (Phi) is 8.94. The first-order valence-corrected chi connectivity index (χ1v) is 16.2. The molecule has 4 unspecified atom stereocenters. The highest BCUT2D eigenvalue weighted by atomic mass is 16.5. The molecule has 4 fully saturated rings. The molecule has 4 aliphatic carbocycles. The summed E-state index contributed by atoms with van der Waals surface area (Å²) in [5, 5.41) is 24.8. The minimum atomic E-state index is -0.427. The quantitative estimate of drug-likeness (QED) is 0.310. The number of carbonyl (C=O) groups excluding carboxylic acids is 2. The SMILES string of the molecule is COC(=O)c1cc(NC(=O)CC[C@@H](C)[C@H]2CCC3C4C(CC[C@@]32C)[C@@]2(C)CC[C@@H](O)CC2C[C@@H]4O)cn1CCCN. The molecule has 5 N–H and O–H groups in total. The Bertz CT molecular complexity index is 1100. The number of aliphatic hydroxyl groups is 2. The normalized spacial score (nSPS) is 38.9. The van der Waals surface area contributed by atoms with Crippen LogP contribution >= 0.6 is 0 Å². The van der Waals surface area contributed by atoms with Crippen LogP contribution < -0.4 is 11.1 Å². The maximum atomic E-state index is 13.0. The van der Waals surface area contributed by atoms with Crippen molar-refractivity contribution in [3.8, 4) is 0 Å². The summed E-state index contributed by atoms with van der Waals surface area (Å²) >= 11 is 0. The molecule has 4 saturated carbocycles. The highest BCUT2D eigenvalue weighted by Crippen LogP contribution is 2.68. The fourth-order valence-corrected chi connectivity index (χ4v) is 10.3. The van der Waals surface area contributed by atoms with Gasteiger partial charge in [0.25, 0.3) is 0 Å². The van der Waals surface area contributed by atoms with Gasteiger partial charge in [-0.2, -0.15) is 0 Å². The number of methoxy groups -OCH3 is 1. The number of aromatic nitrogens is 1. The summed E-state index contributed by atoms with van der Waals surface area (Å²) in [4.78, 5) is 25.2. The molecule has 10 atom stereocenters. The van der Waals surface area contributed by atoms with E-state index in [9.17, 15) is 19.8 Å². The molecule has 230 valence electrons. The molecule has 0 bridgehead atoms. The molecule has 0 aliphatic heterocycles. The van der Waals surface area contributed by atoms with Crippen LogP contribution in [0.2, 0.25) is 0 Å². The average molecular weight is 572 g/mol. The minimum Gasteiger partial charge on any atom is -0.464 e. The van der Waals surface area contributed by atoms with Gasteiger partial charge in [0.1, 0.15) is 5.69 Å². The second-order valence-corrected chi connectivity index (χ2v) is 14.5. The second-order valence-electron chi connectivity index (χ2n) is 14.5. The first-order valence-electron chi connectivity index (χ1n) is 16.2. The third-order valence-electron chi connectivity index (χ3n) is 12.4. The van der Waals surface area contributed by atoms with E-state index >= 15 is 0 Å². The van der Waals surface area contributed by atoms with Crippen LogP contribution in [0.15, 0.2) is 12.3 Å². The number of esters is 1. The van der Waals surface area contributed by atoms with Gasteiger partial charge in [0, 0.05) is 19.2 Å². The number of ether oxygens (including phenoxy) is 1. The van der Waals surface area contributed by atoms with E-state index in [4.69, 9.17) is 10.5 Å². The fourth-order valence-electron chi connectivity index (χ4n) is 10.3. The summed E-state index contributed by atoms with van der Waals surface area (Å²) < 4.78 is 6.71. The maximum absolute atomic E-state index is 13.0. The summed E-state index contributed by atoms with van der Waals surface area (Å²) in [5.74, 6) is 2.38. The molecule has 1 heterocycles. The number of fused-ring (bicyclic) bond motifs is 5. The van der Waals surface area contributed by atoms with Crippen molar-refractivity contribution in [2.45, 2.75) is 110 Å². The van der Waals surface area contributed by atoms with Gasteiger partial charge in [0.15, 0.2) is 0 Å². The highest BCUT2D eigenvalue weighted by Gasteiger charge is 2.62. The first-order chi connectivity index (χ1) is 19.5. The lowest BCUT2D eigenvalue weighted by molar-refractivity contribution is -0.174. The van der Waals surface area contributed by atoms with Gasteiger partial charge in [-0.3, -0.25) is 4.79 Å². The van der Waals surface area contributed by atoms with Crippen molar-refractivity contribution in [1.82, 2.24) is 4.57 Å². The second kappa shape index (κ2) is 12.0. The largest absolute Gasteiger partial charge is 0.464 e. The lowest BCUT2D eigenvalue weighted by Crippen LogP contribution is -2.58. The summed E-state index contributed by atoms with van der Waals surface area (Å²) in [6.07, 6.45) is 11.7. The summed E-state index contributed by atoms with van der Waals surface area (Å²) in [6.45, 7) is 8.36. The lowest BCUT2D eigenvalue weighted by atomic mass is 9.43. The number of amides is 1. The molecule has 8 nitrogen and oxygen atoms in total. The molecule has 1 aromatic heterocycles. The Hall–Kier alpha value is -1.90. The summed E-state index contributed by atoms with van der Waals surface area (Å²) in [6, 6.07) is 1.68. The summed E-state index contributed by atoms with van der Waals surface area (Å²) in [7, 11) is 1.36. The molecule has 0 saturated heterocycles. The number of hydrogen-bond donors (Lipinski definition) is 4. The number of nitrogens with two attached hydrogens (primary N) is 1. The molecule has 41 heavy (non-hydrogen) atoms. The van der Waals surface area contributed by atoms with Crippen molar-refractivity contribution in [3.05, 3.63) is 18.0 Å². The van der Waals surface area contributed by atoms with Crippen LogP contribution in [0.5, 0.6) is 0 Å². The molecule has 5 rings (SSSR count). The molecule has 0 aromatic carbocycles. The van der Waals surface area contributed by atoms with Gasteiger partial charge in [-0.05, 0) is 123 Å². The topological polar surface area (TPSA) is 127 Å². The zero-order valence-electron chi connectivity index (χ0n) is 25.6. The third kappa shape index (κ3) is 5.61. The van der Waals surface area contributed by atoms with Crippen molar-refractivity contribution in [1.29, 1.82) is 0 Å². The van der Waals surface area contributed by atoms with E-state index in [2.05, 4.69) is 26.1 Å². The Labute approximate surface area is 245 Å². The van der Waals surface area contributed by atoms with Crippen molar-refractivity contribution >= 4 is 17.6 Å². The Morgan fingerprint density at radius 2 is 1.85 bits per heavy atom. The number of rotatable bonds is 9. The number of nitrogens with one attached hydrogen (secondary N) is 1. The fraction of sp³-hybridized carbons (Fsp3) is 0.818. The van der Waals surface area contributed by atoms with Crippen LogP contribution in [0.25, 0.3) is 0 Å². The number of hydrogen-bond acceptors (Lipinski definition) is 6. The van der Waals surface area contributed by atoms with Gasteiger partial charge >= 0.3 is 5.97 Å². The summed E-state index contributed by atoms with van der Waals surface area (Å²) in [5.41, 5.74) is 7.11. The highest BCUT2D eigenvalue weighted by molar-refractivity contribution is 5.94. The van der Waals surface area contributed by atoms with Crippen LogP contribution in [0.1, 0.15) is 102 Å². The van der Waals surface area contributed by atoms with E-state index in [1.54, 1.807) is 16.8 Å². The predicted octanol–water partition coefficient (Wildman–Crippen LogP) is 4.97. The van der Waals surface area contributed by atoms with Crippen LogP contribution in [-0.4, -0.2) is 52.5 Å². The van der Waals surface area contributed by atoms with E-state index in [-0.39, 0.29) is 28.9 Å². The number of carbonyl (C=O) groups is 2. The molecular formula is C33H53N3O5. The molecular weight excluding hydrogens is 518 g/mol. The van der Waals surface area contributed by atoms with E-state index in [0.717, 1.165) is 38.5 Å². The van der Waals surface area contributed by atoms with Crippen molar-refractivity contribution in [2.24, 2.45) is 52.1 Å². The van der Waals surface area contributed by atoms with Crippen molar-refractivity contribution in [3.63, 3.8) is 0 Å². The van der Waals surface area contributed by atoms with Gasteiger partial charge in [-0.1, -0.05) is 20.8 Å². The third-order valence-corrected chi connectivity index (χ3v) is 12.4. The number of nitrogens with zero attached hydrogens (tertiary/aromatic N) is 1. The van der Waals surface area contributed by atoms with E-state index in [0.29, 0.717) is 66.4 Å². The number of anilines is 1. The first kappa shape index (κ1) is 30.6.